The van der Waals surface area contributed by atoms with Gasteiger partial charge in [-0.2, -0.15) is 13.6 Å². The molecule has 73 heavy (non-hydrogen) atoms. The zero-order chi connectivity index (χ0) is 51.1. The van der Waals surface area contributed by atoms with Gasteiger partial charge in [0.05, 0.1) is 41.7 Å². The molecular formula is C47H48N7O16P3. The van der Waals surface area contributed by atoms with Crippen molar-refractivity contribution in [2.75, 3.05) is 50.0 Å². The van der Waals surface area contributed by atoms with E-state index in [9.17, 15) is 43.0 Å². The van der Waals surface area contributed by atoms with Crippen LogP contribution >= 0.6 is 23.5 Å². The number of nitrogens with two attached hydrogens (primary N) is 1. The molecular weight excluding hydrogens is 1010 g/mol. The number of aromatic carboxylic acids is 1. The predicted octanol–water partition coefficient (Wildman–Crippen LogP) is 1.91. The number of hydrogen-bond donors (Lipinski definition) is 7. The number of aromatic nitrogens is 3. The lowest BCUT2D eigenvalue weighted by Gasteiger charge is -2.39. The van der Waals surface area contributed by atoms with Crippen molar-refractivity contribution in [3.05, 3.63) is 108 Å². The second-order valence-electron chi connectivity index (χ2n) is 18.7. The van der Waals surface area contributed by atoms with Crippen molar-refractivity contribution >= 4 is 63.6 Å². The largest absolute Gasteiger partial charge is 0.545 e. The molecule has 6 aliphatic heterocycles. The van der Waals surface area contributed by atoms with E-state index >= 15 is 0 Å². The Morgan fingerprint density at radius 2 is 1.68 bits per heavy atom. The van der Waals surface area contributed by atoms with Crippen molar-refractivity contribution < 1.29 is 70.6 Å². The molecule has 23 nitrogen and oxygen atoms in total. The molecule has 11 rings (SSSR count). The zero-order valence-corrected chi connectivity index (χ0v) is 41.5. The van der Waals surface area contributed by atoms with E-state index in [2.05, 4.69) is 57.4 Å². The number of nitrogen functional groups attached to an aromatic ring is 1. The van der Waals surface area contributed by atoms with Crippen molar-refractivity contribution in [2.45, 2.75) is 76.5 Å². The van der Waals surface area contributed by atoms with Gasteiger partial charge >= 0.3 is 23.5 Å². The van der Waals surface area contributed by atoms with Crippen LogP contribution in [0.25, 0.3) is 16.6 Å². The topological polar surface area (TPSA) is 330 Å². The molecule has 2 unspecified atom stereocenters. The number of ether oxygens (including phenoxy) is 2. The van der Waals surface area contributed by atoms with Crippen LogP contribution in [0.3, 0.4) is 0 Å². The number of fused-ring (bicyclic) bond motifs is 5. The van der Waals surface area contributed by atoms with Gasteiger partial charge in [-0.05, 0) is 86.8 Å². The number of phosphoric ester groups is 1. The standard InChI is InChI=1S/C47H48N7O16P3/c48-47-50-43-37(45(56)51-47)28(23-54(43)36-14-12-29(67-36)24-66-72(62,63)70-73(64,65)69-71(59,60)61)6-1-15-49-44(55)27-11-13-30(46(57)58)33(22-27)38-34-20-25-7-2-16-52-18-4-9-31(39(25)52)41(34)68-42-32-10-5-19-53-17-3-8-26(40(32)53)21-35(38)42/h11,13,20-23,29,36H,2-5,7-10,12,14-19,24H2,(H8-,48,49,50,51,55,56,57,58,59,60,61,62,63,64,65)/t29-,36+/m0/s1. The van der Waals surface area contributed by atoms with Crippen LogP contribution in [-0.2, 0) is 57.3 Å². The molecule has 26 heteroatoms. The summed E-state index contributed by atoms with van der Waals surface area (Å²) in [5.74, 6) is 5.09. The van der Waals surface area contributed by atoms with E-state index in [4.69, 9.17) is 29.5 Å². The van der Waals surface area contributed by atoms with Crippen LogP contribution in [-0.4, -0.2) is 91.4 Å². The van der Waals surface area contributed by atoms with E-state index in [0.717, 1.165) is 111 Å². The SMILES string of the molecule is Nc1nc2c(c(C#CCNC(=O)c3ccc(C(=O)[O-])c(C4=c5cc6c7c(c5Oc5c4cc4c8c5CCCN8CCC4)CCC[N+]=7CCC6)c3)cn2[C@H]2CC[C@@H](COP(=O)(O)OP(=O)(O)OP(=O)(O)O)O2)c(=O)[nH]1. The lowest BCUT2D eigenvalue weighted by atomic mass is 9.81. The highest BCUT2D eigenvalue weighted by atomic mass is 31.3. The molecule has 8 N–H and O–H groups in total. The number of aromatic amines is 1. The number of hydrogen-bond acceptors (Lipinski definition) is 15. The van der Waals surface area contributed by atoms with Crippen LogP contribution in [0.2, 0.25) is 0 Å². The minimum absolute atomic E-state index is 0.0381. The first-order valence-corrected chi connectivity index (χ1v) is 28.2. The lowest BCUT2D eigenvalue weighted by molar-refractivity contribution is -0.255. The highest BCUT2D eigenvalue weighted by molar-refractivity contribution is 7.66. The molecule has 3 aromatic carbocycles. The number of carbonyl (C=O) groups excluding carboxylic acids is 2. The van der Waals surface area contributed by atoms with E-state index < -0.39 is 59.8 Å². The number of amides is 1. The number of carboxylic acids is 1. The van der Waals surface area contributed by atoms with Crippen molar-refractivity contribution in [1.29, 1.82) is 0 Å². The Bertz CT molecular complexity index is 3630. The summed E-state index contributed by atoms with van der Waals surface area (Å²) in [7, 11) is -16.7. The average Bonchev–Trinajstić information content (AvgIpc) is 3.95. The predicted molar refractivity (Wildman–Crippen MR) is 258 cm³/mol. The molecule has 6 aliphatic rings. The second-order valence-corrected chi connectivity index (χ2v) is 23.1. The fourth-order valence-electron chi connectivity index (χ4n) is 11.2. The molecule has 0 saturated carbocycles. The van der Waals surface area contributed by atoms with Crippen molar-refractivity contribution in [3.63, 3.8) is 0 Å². The van der Waals surface area contributed by atoms with Gasteiger partial charge in [0.25, 0.3) is 11.5 Å². The van der Waals surface area contributed by atoms with Gasteiger partial charge in [-0.1, -0.05) is 17.9 Å². The van der Waals surface area contributed by atoms with Gasteiger partial charge in [-0.25, -0.2) is 18.3 Å². The van der Waals surface area contributed by atoms with E-state index in [1.54, 1.807) is 6.07 Å². The van der Waals surface area contributed by atoms with Gasteiger partial charge in [-0.3, -0.25) is 19.1 Å². The molecule has 0 spiro atoms. The van der Waals surface area contributed by atoms with Crippen LogP contribution in [0.1, 0.15) is 104 Å². The smallest absolute Gasteiger partial charge is 0.490 e. The molecule has 1 amide bonds. The fourth-order valence-corrected chi connectivity index (χ4v) is 14.3. The Balaban J connectivity index is 0.887. The summed E-state index contributed by atoms with van der Waals surface area (Å²) in [5.41, 5.74) is 13.3. The molecule has 4 atom stereocenters. The third kappa shape index (κ3) is 9.47. The second kappa shape index (κ2) is 18.7. The zero-order valence-electron chi connectivity index (χ0n) is 38.8. The first-order chi connectivity index (χ1) is 34.8. The van der Waals surface area contributed by atoms with Gasteiger partial charge in [0.15, 0.2) is 5.65 Å². The number of aryl methyl sites for hydroxylation is 2. The van der Waals surface area contributed by atoms with E-state index in [-0.39, 0.29) is 53.1 Å². The van der Waals surface area contributed by atoms with Crippen molar-refractivity contribution in [3.8, 4) is 23.3 Å². The quantitative estimate of drug-likeness (QED) is 0.0523. The highest BCUT2D eigenvalue weighted by Crippen LogP contribution is 2.66. The number of anilines is 2. The third-order valence-electron chi connectivity index (χ3n) is 14.0. The minimum atomic E-state index is -5.73. The van der Waals surface area contributed by atoms with E-state index in [1.807, 2.05) is 0 Å². The maximum absolute atomic E-state index is 14.1. The summed E-state index contributed by atoms with van der Waals surface area (Å²) >= 11 is 0. The molecule has 1 fully saturated rings. The summed E-state index contributed by atoms with van der Waals surface area (Å²) in [5, 5.41) is 17.9. The Morgan fingerprint density at radius 3 is 2.47 bits per heavy atom. The number of carboxylic acid groups (broad SMARTS) is 1. The summed E-state index contributed by atoms with van der Waals surface area (Å²) in [4.78, 5) is 86.6. The maximum atomic E-state index is 14.1. The number of benzene rings is 3. The summed E-state index contributed by atoms with van der Waals surface area (Å²) in [6.07, 6.45) is 7.37. The van der Waals surface area contributed by atoms with Crippen LogP contribution < -0.4 is 46.5 Å². The number of nitrogens with one attached hydrogen (secondary N) is 2. The number of carbonyl (C=O) groups is 2. The molecule has 5 aromatic rings. The van der Waals surface area contributed by atoms with Gasteiger partial charge in [-0.15, -0.1) is 0 Å². The third-order valence-corrected chi connectivity index (χ3v) is 17.8. The number of rotatable bonds is 12. The maximum Gasteiger partial charge on any atom is 0.490 e. The molecule has 0 radical (unpaired) electrons. The summed E-state index contributed by atoms with van der Waals surface area (Å²) in [6, 6.07) is 8.74. The molecule has 382 valence electrons. The molecule has 0 aliphatic carbocycles. The van der Waals surface area contributed by atoms with E-state index in [1.165, 1.54) is 45.1 Å². The Hall–Kier alpha value is -5.98. The van der Waals surface area contributed by atoms with Crippen LogP contribution in [0.15, 0.2) is 41.3 Å². The molecule has 1 saturated heterocycles. The summed E-state index contributed by atoms with van der Waals surface area (Å²) < 4.78 is 64.3. The Morgan fingerprint density at radius 1 is 0.932 bits per heavy atom. The van der Waals surface area contributed by atoms with Gasteiger partial charge < -0.3 is 59.5 Å². The monoisotopic (exact) mass is 1060 g/mol. The summed E-state index contributed by atoms with van der Waals surface area (Å²) in [6.45, 7) is 2.95. The van der Waals surface area contributed by atoms with Crippen LogP contribution in [0.4, 0.5) is 11.6 Å². The minimum Gasteiger partial charge on any atom is -0.545 e. The lowest BCUT2D eigenvalue weighted by Crippen LogP contribution is -2.45. The van der Waals surface area contributed by atoms with Crippen LogP contribution in [0.5, 0.6) is 11.5 Å². The first-order valence-electron chi connectivity index (χ1n) is 23.7. The average molecular weight is 1060 g/mol. The van der Waals surface area contributed by atoms with Gasteiger partial charge in [0.1, 0.15) is 30.8 Å². The number of H-pyrrole nitrogens is 1. The Kier molecular flexibility index (Phi) is 12.6. The normalized spacial score (nSPS) is 20.4. The Labute approximate surface area is 414 Å². The van der Waals surface area contributed by atoms with Gasteiger partial charge in [0, 0.05) is 76.4 Å². The fraction of sp³-hybridized carbons (Fsp3) is 0.383. The van der Waals surface area contributed by atoms with Crippen LogP contribution in [0, 0.1) is 11.8 Å². The molecule has 8 heterocycles. The number of phosphoric acid groups is 3. The van der Waals surface area contributed by atoms with Crippen molar-refractivity contribution in [2.24, 2.45) is 0 Å². The number of nitrogens with zero attached hydrogens (tertiary/aromatic N) is 4. The molecule has 0 bridgehead atoms. The van der Waals surface area contributed by atoms with E-state index in [0.29, 0.717) is 11.1 Å². The first kappa shape index (κ1) is 49.2. The highest BCUT2D eigenvalue weighted by Gasteiger charge is 2.42. The van der Waals surface area contributed by atoms with Crippen molar-refractivity contribution in [1.82, 2.24) is 24.4 Å². The van der Waals surface area contributed by atoms with Gasteiger partial charge in [0.2, 0.25) is 11.3 Å². The molecule has 2 aromatic heterocycles.